The van der Waals surface area contributed by atoms with E-state index in [1.165, 1.54) is 12.1 Å². The van der Waals surface area contributed by atoms with Gasteiger partial charge in [0.1, 0.15) is 13.2 Å². The Bertz CT molecular complexity index is 1210. The van der Waals surface area contributed by atoms with E-state index in [2.05, 4.69) is 4.98 Å². The van der Waals surface area contributed by atoms with Crippen LogP contribution in [0.3, 0.4) is 0 Å². The molecule has 2 heterocycles. The third-order valence-corrected chi connectivity index (χ3v) is 5.53. The summed E-state index contributed by atoms with van der Waals surface area (Å²) in [5, 5.41) is 0.246. The fourth-order valence-electron chi connectivity index (χ4n) is 3.01. The van der Waals surface area contributed by atoms with Gasteiger partial charge in [0.2, 0.25) is 5.89 Å². The van der Waals surface area contributed by atoms with Crippen molar-refractivity contribution in [3.05, 3.63) is 46.3 Å². The molecule has 7 nitrogen and oxygen atoms in total. The molecule has 8 heteroatoms. The molecule has 0 spiro atoms. The fourth-order valence-corrected chi connectivity index (χ4v) is 3.87. The summed E-state index contributed by atoms with van der Waals surface area (Å²) in [5.41, 5.74) is 0.912. The highest BCUT2D eigenvalue weighted by Gasteiger charge is 2.21. The van der Waals surface area contributed by atoms with Crippen molar-refractivity contribution in [2.45, 2.75) is 18.2 Å². The summed E-state index contributed by atoms with van der Waals surface area (Å²) in [4.78, 5) is 17.0. The summed E-state index contributed by atoms with van der Waals surface area (Å²) >= 11 is 0. The highest BCUT2D eigenvalue weighted by molar-refractivity contribution is 7.90. The van der Waals surface area contributed by atoms with Gasteiger partial charge >= 0.3 is 5.63 Å². The van der Waals surface area contributed by atoms with E-state index in [1.54, 1.807) is 18.2 Å². The van der Waals surface area contributed by atoms with Crippen molar-refractivity contribution in [2.24, 2.45) is 0 Å². The Morgan fingerprint density at radius 3 is 2.44 bits per heavy atom. The van der Waals surface area contributed by atoms with Gasteiger partial charge in [-0.1, -0.05) is 13.0 Å². The summed E-state index contributed by atoms with van der Waals surface area (Å²) < 4.78 is 40.8. The number of fused-ring (bicyclic) bond motifs is 2. The number of hydrogen-bond donors (Lipinski definition) is 0. The van der Waals surface area contributed by atoms with Crippen LogP contribution in [0.4, 0.5) is 0 Å². The molecule has 0 radical (unpaired) electrons. The minimum atomic E-state index is -3.53. The van der Waals surface area contributed by atoms with Gasteiger partial charge in [0.25, 0.3) is 0 Å². The molecule has 0 saturated carbocycles. The van der Waals surface area contributed by atoms with Gasteiger partial charge in [-0.25, -0.2) is 18.2 Å². The molecular weight excluding hydrogens is 370 g/mol. The molecule has 4 rings (SSSR count). The van der Waals surface area contributed by atoms with Crippen molar-refractivity contribution >= 4 is 20.7 Å². The number of aryl methyl sites for hydroxylation is 1. The van der Waals surface area contributed by atoms with Gasteiger partial charge in [-0.05, 0) is 24.1 Å². The molecule has 0 N–H and O–H groups in total. The molecule has 0 bridgehead atoms. The Balaban J connectivity index is 1.99. The van der Waals surface area contributed by atoms with Crippen LogP contribution in [0.1, 0.15) is 12.5 Å². The predicted molar refractivity (Wildman–Crippen MR) is 99.2 cm³/mol. The van der Waals surface area contributed by atoms with Crippen LogP contribution in [0.2, 0.25) is 0 Å². The fraction of sp³-hybridized carbons (Fsp3) is 0.263. The van der Waals surface area contributed by atoms with Gasteiger partial charge in [0.15, 0.2) is 21.3 Å². The largest absolute Gasteiger partial charge is 0.486 e. The molecule has 140 valence electrons. The first-order valence-electron chi connectivity index (χ1n) is 8.44. The second-order valence-electron chi connectivity index (χ2n) is 6.28. The van der Waals surface area contributed by atoms with Crippen molar-refractivity contribution in [2.75, 3.05) is 19.5 Å². The van der Waals surface area contributed by atoms with Crippen molar-refractivity contribution in [1.29, 1.82) is 0 Å². The van der Waals surface area contributed by atoms with E-state index in [0.29, 0.717) is 36.7 Å². The highest BCUT2D eigenvalue weighted by Crippen LogP contribution is 2.34. The molecular formula is C19H17NO6S. The second kappa shape index (κ2) is 6.38. The van der Waals surface area contributed by atoms with E-state index >= 15 is 0 Å². The van der Waals surface area contributed by atoms with Gasteiger partial charge in [-0.15, -0.1) is 0 Å². The minimum Gasteiger partial charge on any atom is -0.486 e. The maximum absolute atomic E-state index is 12.5. The molecule has 2 aromatic carbocycles. The highest BCUT2D eigenvalue weighted by atomic mass is 32.2. The maximum Gasteiger partial charge on any atom is 0.347 e. The van der Waals surface area contributed by atoms with E-state index in [0.717, 1.165) is 11.8 Å². The lowest BCUT2D eigenvalue weighted by molar-refractivity contribution is 0.172. The van der Waals surface area contributed by atoms with Gasteiger partial charge < -0.3 is 13.9 Å². The van der Waals surface area contributed by atoms with Gasteiger partial charge in [0.05, 0.1) is 21.4 Å². The molecule has 1 aromatic heterocycles. The predicted octanol–water partition coefficient (Wildman–Crippen LogP) is 2.59. The molecule has 0 saturated heterocycles. The summed E-state index contributed by atoms with van der Waals surface area (Å²) in [6.45, 7) is 2.76. The lowest BCUT2D eigenvalue weighted by atomic mass is 10.1. The van der Waals surface area contributed by atoms with Crippen LogP contribution in [0.25, 0.3) is 22.4 Å². The summed E-state index contributed by atoms with van der Waals surface area (Å²) in [7, 11) is -3.53. The Labute approximate surface area is 155 Å². The lowest BCUT2D eigenvalue weighted by Gasteiger charge is -2.18. The topological polar surface area (TPSA) is 95.7 Å². The van der Waals surface area contributed by atoms with Crippen molar-refractivity contribution in [3.8, 4) is 23.0 Å². The van der Waals surface area contributed by atoms with Crippen LogP contribution in [-0.4, -0.2) is 32.9 Å². The summed E-state index contributed by atoms with van der Waals surface area (Å²) in [6.07, 6.45) is 1.81. The third-order valence-electron chi connectivity index (χ3n) is 4.37. The molecule has 27 heavy (non-hydrogen) atoms. The number of rotatable bonds is 3. The average molecular weight is 387 g/mol. The Kier molecular flexibility index (Phi) is 4.15. The zero-order valence-electron chi connectivity index (χ0n) is 14.8. The minimum absolute atomic E-state index is 0.0418. The first-order valence-corrected chi connectivity index (χ1v) is 10.3. The summed E-state index contributed by atoms with van der Waals surface area (Å²) in [5.74, 6) is 0.906. The van der Waals surface area contributed by atoms with E-state index in [4.69, 9.17) is 13.9 Å². The number of hydrogen-bond acceptors (Lipinski definition) is 7. The monoisotopic (exact) mass is 387 g/mol. The smallest absolute Gasteiger partial charge is 0.347 e. The van der Waals surface area contributed by atoms with E-state index in [1.807, 2.05) is 6.92 Å². The number of ether oxygens (including phenoxy) is 2. The number of benzene rings is 2. The normalized spacial score (nSPS) is 13.7. The SMILES string of the molecule is CCc1ccc(S(C)(=O)=O)c(-c2nc3cc4c(cc3c(=O)o2)OCCO4)c1. The molecule has 0 unspecified atom stereocenters. The summed E-state index contributed by atoms with van der Waals surface area (Å²) in [6, 6.07) is 8.08. The lowest BCUT2D eigenvalue weighted by Crippen LogP contribution is -2.16. The first-order chi connectivity index (χ1) is 12.9. The molecule has 0 aliphatic carbocycles. The Hall–Kier alpha value is -2.87. The molecule has 0 atom stereocenters. The molecule has 3 aromatic rings. The number of sulfone groups is 1. The van der Waals surface area contributed by atoms with Gasteiger partial charge in [0, 0.05) is 18.4 Å². The standard InChI is InChI=1S/C19H17NO6S/c1-3-11-4-5-17(27(2,22)23)13(8-11)18-20-14-10-16-15(24-6-7-25-16)9-12(14)19(21)26-18/h4-5,8-10H,3,6-7H2,1-2H3. The maximum atomic E-state index is 12.5. The average Bonchev–Trinajstić information content (AvgIpc) is 2.65. The van der Waals surface area contributed by atoms with Gasteiger partial charge in [-0.3, -0.25) is 0 Å². The van der Waals surface area contributed by atoms with Crippen molar-refractivity contribution in [3.63, 3.8) is 0 Å². The zero-order valence-corrected chi connectivity index (χ0v) is 15.6. The third kappa shape index (κ3) is 3.16. The molecule has 1 aliphatic heterocycles. The van der Waals surface area contributed by atoms with E-state index in [9.17, 15) is 13.2 Å². The van der Waals surface area contributed by atoms with Crippen LogP contribution < -0.4 is 15.1 Å². The second-order valence-corrected chi connectivity index (χ2v) is 8.26. The number of nitrogens with zero attached hydrogens (tertiary/aromatic N) is 1. The van der Waals surface area contributed by atoms with Crippen LogP contribution in [-0.2, 0) is 16.3 Å². The van der Waals surface area contributed by atoms with Crippen LogP contribution in [0.15, 0.2) is 44.4 Å². The van der Waals surface area contributed by atoms with Gasteiger partial charge in [-0.2, -0.15) is 0 Å². The first kappa shape index (κ1) is 17.5. The zero-order chi connectivity index (χ0) is 19.2. The van der Waals surface area contributed by atoms with E-state index in [-0.39, 0.29) is 21.7 Å². The Morgan fingerprint density at radius 2 is 1.78 bits per heavy atom. The quantitative estimate of drug-likeness (QED) is 0.681. The van der Waals surface area contributed by atoms with Crippen LogP contribution in [0, 0.1) is 0 Å². The van der Waals surface area contributed by atoms with Crippen LogP contribution >= 0.6 is 0 Å². The van der Waals surface area contributed by atoms with Crippen molar-refractivity contribution < 1.29 is 22.3 Å². The number of aromatic nitrogens is 1. The molecule has 0 fully saturated rings. The molecule has 1 aliphatic rings. The van der Waals surface area contributed by atoms with Crippen molar-refractivity contribution in [1.82, 2.24) is 4.98 Å². The van der Waals surface area contributed by atoms with Crippen LogP contribution in [0.5, 0.6) is 11.5 Å². The Morgan fingerprint density at radius 1 is 1.07 bits per heavy atom. The molecule has 0 amide bonds. The van der Waals surface area contributed by atoms with E-state index < -0.39 is 15.5 Å².